The molecule has 82 valence electrons. The van der Waals surface area contributed by atoms with Crippen LogP contribution in [0.1, 0.15) is 18.7 Å². The van der Waals surface area contributed by atoms with Crippen molar-refractivity contribution in [1.82, 2.24) is 14.5 Å². The first-order chi connectivity index (χ1) is 7.25. The van der Waals surface area contributed by atoms with Crippen LogP contribution in [0.25, 0.3) is 0 Å². The zero-order valence-corrected chi connectivity index (χ0v) is 9.15. The van der Waals surface area contributed by atoms with E-state index in [-0.39, 0.29) is 0 Å². The quantitative estimate of drug-likeness (QED) is 0.737. The third-order valence-electron chi connectivity index (χ3n) is 2.99. The number of ketones is 1. The first-order valence-corrected chi connectivity index (χ1v) is 5.47. The fraction of sp³-hybridized carbons (Fsp3) is 0.636. The third-order valence-corrected chi connectivity index (χ3v) is 2.99. The second kappa shape index (κ2) is 4.57. The largest absolute Gasteiger partial charge is 0.334 e. The van der Waals surface area contributed by atoms with Crippen molar-refractivity contribution in [2.75, 3.05) is 19.6 Å². The molecule has 0 radical (unpaired) electrons. The summed E-state index contributed by atoms with van der Waals surface area (Å²) in [7, 11) is 0. The van der Waals surface area contributed by atoms with Crippen molar-refractivity contribution in [3.8, 4) is 0 Å². The van der Waals surface area contributed by atoms with Crippen molar-refractivity contribution in [2.45, 2.75) is 26.3 Å². The molecule has 0 aliphatic carbocycles. The maximum Gasteiger partial charge on any atom is 0.135 e. The summed E-state index contributed by atoms with van der Waals surface area (Å²) in [5.41, 5.74) is 0. The number of nitrogens with zero attached hydrogens (tertiary/aromatic N) is 3. The Bertz CT molecular complexity index is 335. The van der Waals surface area contributed by atoms with Crippen LogP contribution in [0, 0.1) is 6.92 Å². The van der Waals surface area contributed by atoms with Gasteiger partial charge in [-0.15, -0.1) is 0 Å². The number of carbonyl (C=O) groups excluding carboxylic acids is 1. The number of imidazole rings is 1. The number of carbonyl (C=O) groups is 1. The van der Waals surface area contributed by atoms with Gasteiger partial charge < -0.3 is 9.47 Å². The Hall–Kier alpha value is -1.16. The van der Waals surface area contributed by atoms with E-state index in [1.54, 1.807) is 0 Å². The number of hydrogen-bond acceptors (Lipinski definition) is 3. The van der Waals surface area contributed by atoms with Gasteiger partial charge in [0, 0.05) is 51.4 Å². The number of piperidine rings is 1. The standard InChI is InChI=1S/C11H17N3O/c1-10-12-4-7-14(10)9-8-13-5-2-11(15)3-6-13/h4,7H,2-3,5-6,8-9H2,1H3. The highest BCUT2D eigenvalue weighted by Gasteiger charge is 2.15. The van der Waals surface area contributed by atoms with Gasteiger partial charge in [0.2, 0.25) is 0 Å². The minimum absolute atomic E-state index is 0.407. The van der Waals surface area contributed by atoms with E-state index in [1.165, 1.54) is 0 Å². The number of aromatic nitrogens is 2. The lowest BCUT2D eigenvalue weighted by Crippen LogP contribution is -2.36. The highest BCUT2D eigenvalue weighted by molar-refractivity contribution is 5.79. The Balaban J connectivity index is 1.79. The molecule has 1 aromatic heterocycles. The van der Waals surface area contributed by atoms with Crippen LogP contribution in [0.2, 0.25) is 0 Å². The molecule has 0 bridgehead atoms. The van der Waals surface area contributed by atoms with Crippen LogP contribution in [0.15, 0.2) is 12.4 Å². The molecule has 1 aliphatic rings. The summed E-state index contributed by atoms with van der Waals surface area (Å²) in [6.07, 6.45) is 5.28. The van der Waals surface area contributed by atoms with Gasteiger partial charge in [-0.25, -0.2) is 4.98 Å². The van der Waals surface area contributed by atoms with Gasteiger partial charge in [-0.1, -0.05) is 0 Å². The van der Waals surface area contributed by atoms with Crippen LogP contribution >= 0.6 is 0 Å². The normalized spacial score (nSPS) is 18.3. The van der Waals surface area contributed by atoms with Gasteiger partial charge in [-0.05, 0) is 6.92 Å². The predicted molar refractivity (Wildman–Crippen MR) is 57.6 cm³/mol. The highest BCUT2D eigenvalue weighted by Crippen LogP contribution is 2.06. The molecule has 0 N–H and O–H groups in total. The second-order valence-electron chi connectivity index (χ2n) is 4.05. The van der Waals surface area contributed by atoms with Crippen LogP contribution < -0.4 is 0 Å². The molecule has 2 heterocycles. The summed E-state index contributed by atoms with van der Waals surface area (Å²) >= 11 is 0. The minimum atomic E-state index is 0.407. The van der Waals surface area contributed by atoms with Gasteiger partial charge in [0.25, 0.3) is 0 Å². The SMILES string of the molecule is Cc1nccn1CCN1CCC(=O)CC1. The van der Waals surface area contributed by atoms with Crippen molar-refractivity contribution in [3.63, 3.8) is 0 Å². The van der Waals surface area contributed by atoms with E-state index in [4.69, 9.17) is 0 Å². The molecule has 1 saturated heterocycles. The number of likely N-dealkylation sites (tertiary alicyclic amines) is 1. The number of hydrogen-bond donors (Lipinski definition) is 0. The molecule has 4 nitrogen and oxygen atoms in total. The van der Waals surface area contributed by atoms with Crippen molar-refractivity contribution < 1.29 is 4.79 Å². The molecule has 0 saturated carbocycles. The fourth-order valence-corrected chi connectivity index (χ4v) is 1.92. The Kier molecular flexibility index (Phi) is 3.16. The molecule has 0 atom stereocenters. The van der Waals surface area contributed by atoms with E-state index in [0.717, 1.165) is 44.8 Å². The van der Waals surface area contributed by atoms with Gasteiger partial charge in [-0.2, -0.15) is 0 Å². The summed E-state index contributed by atoms with van der Waals surface area (Å²) in [6, 6.07) is 0. The number of rotatable bonds is 3. The summed E-state index contributed by atoms with van der Waals surface area (Å²) in [5, 5.41) is 0. The summed E-state index contributed by atoms with van der Waals surface area (Å²) in [6.45, 7) is 5.85. The monoisotopic (exact) mass is 207 g/mol. The molecule has 0 amide bonds. The van der Waals surface area contributed by atoms with E-state index < -0.39 is 0 Å². The summed E-state index contributed by atoms with van der Waals surface area (Å²) in [4.78, 5) is 17.6. The number of Topliss-reactive ketones (excluding diaryl/α,β-unsaturated/α-hetero) is 1. The van der Waals surface area contributed by atoms with Crippen molar-refractivity contribution in [2.24, 2.45) is 0 Å². The predicted octanol–water partition coefficient (Wildman–Crippen LogP) is 0.856. The van der Waals surface area contributed by atoms with Crippen LogP contribution in [0.5, 0.6) is 0 Å². The van der Waals surface area contributed by atoms with Crippen molar-refractivity contribution >= 4 is 5.78 Å². The molecule has 1 aromatic rings. The fourth-order valence-electron chi connectivity index (χ4n) is 1.92. The smallest absolute Gasteiger partial charge is 0.135 e. The zero-order chi connectivity index (χ0) is 10.7. The molecular weight excluding hydrogens is 190 g/mol. The van der Waals surface area contributed by atoms with Crippen LogP contribution in [0.3, 0.4) is 0 Å². The lowest BCUT2D eigenvalue weighted by atomic mass is 10.1. The Labute approximate surface area is 89.9 Å². The molecule has 1 fully saturated rings. The van der Waals surface area contributed by atoms with Crippen LogP contribution in [0.4, 0.5) is 0 Å². The van der Waals surface area contributed by atoms with E-state index in [0.29, 0.717) is 5.78 Å². The first-order valence-electron chi connectivity index (χ1n) is 5.47. The summed E-state index contributed by atoms with van der Waals surface area (Å²) < 4.78 is 2.15. The van der Waals surface area contributed by atoms with E-state index in [2.05, 4.69) is 14.5 Å². The van der Waals surface area contributed by atoms with Gasteiger partial charge in [-0.3, -0.25) is 4.79 Å². The Morgan fingerprint density at radius 2 is 2.07 bits per heavy atom. The second-order valence-corrected chi connectivity index (χ2v) is 4.05. The highest BCUT2D eigenvalue weighted by atomic mass is 16.1. The molecule has 0 spiro atoms. The van der Waals surface area contributed by atoms with E-state index >= 15 is 0 Å². The van der Waals surface area contributed by atoms with Gasteiger partial charge in [0.05, 0.1) is 0 Å². The molecular formula is C11H17N3O. The lowest BCUT2D eigenvalue weighted by Gasteiger charge is -2.25. The molecule has 0 unspecified atom stereocenters. The topological polar surface area (TPSA) is 38.1 Å². The maximum atomic E-state index is 11.1. The maximum absolute atomic E-state index is 11.1. The molecule has 2 rings (SSSR count). The van der Waals surface area contributed by atoms with Crippen LogP contribution in [-0.2, 0) is 11.3 Å². The minimum Gasteiger partial charge on any atom is -0.334 e. The third kappa shape index (κ3) is 2.65. The van der Waals surface area contributed by atoms with Crippen molar-refractivity contribution in [1.29, 1.82) is 0 Å². The van der Waals surface area contributed by atoms with Gasteiger partial charge >= 0.3 is 0 Å². The molecule has 0 aromatic carbocycles. The van der Waals surface area contributed by atoms with Gasteiger partial charge in [0.15, 0.2) is 0 Å². The van der Waals surface area contributed by atoms with E-state index in [1.807, 2.05) is 19.3 Å². The van der Waals surface area contributed by atoms with Crippen molar-refractivity contribution in [3.05, 3.63) is 18.2 Å². The average molecular weight is 207 g/mol. The Morgan fingerprint density at radius 3 is 2.67 bits per heavy atom. The van der Waals surface area contributed by atoms with E-state index in [9.17, 15) is 4.79 Å². The summed E-state index contributed by atoms with van der Waals surface area (Å²) in [5.74, 6) is 1.47. The Morgan fingerprint density at radius 1 is 1.33 bits per heavy atom. The average Bonchev–Trinajstić information content (AvgIpc) is 2.63. The molecule has 1 aliphatic heterocycles. The lowest BCUT2D eigenvalue weighted by molar-refractivity contribution is -0.121. The van der Waals surface area contributed by atoms with Crippen LogP contribution in [-0.4, -0.2) is 39.9 Å². The number of aryl methyl sites for hydroxylation is 1. The molecule has 4 heteroatoms. The molecule has 15 heavy (non-hydrogen) atoms. The van der Waals surface area contributed by atoms with Gasteiger partial charge in [0.1, 0.15) is 11.6 Å². The first kappa shape index (κ1) is 10.4. The zero-order valence-electron chi connectivity index (χ0n) is 9.15.